The van der Waals surface area contributed by atoms with Gasteiger partial charge in [0.2, 0.25) is 11.8 Å². The molecular formula is C44H53ClN8O3. The number of carbonyl (C=O) groups excluding carboxylic acids is 3. The SMILES string of the molecule is C[C@H]1CC2(CCN(c3ccc(C(=O)N4CCC(CN5CCN(c6cccc(NC7CCC(=O)NC7=O)c6)CC5)CC4)cc3)CC2)CN1c1ccc(C#N)c(Cl)c1. The Kier molecular flexibility index (Phi) is 11.1. The Morgan fingerprint density at radius 3 is 2.29 bits per heavy atom. The van der Waals surface area contributed by atoms with Crippen LogP contribution in [0.1, 0.15) is 67.8 Å². The second-order valence-electron chi connectivity index (χ2n) is 16.7. The van der Waals surface area contributed by atoms with Crippen molar-refractivity contribution in [2.24, 2.45) is 11.3 Å². The van der Waals surface area contributed by atoms with Crippen LogP contribution in [0.2, 0.25) is 5.02 Å². The highest BCUT2D eigenvalue weighted by Crippen LogP contribution is 2.46. The molecule has 5 heterocycles. The second-order valence-corrected chi connectivity index (χ2v) is 17.1. The summed E-state index contributed by atoms with van der Waals surface area (Å²) < 4.78 is 0. The monoisotopic (exact) mass is 776 g/mol. The fourth-order valence-corrected chi connectivity index (χ4v) is 9.95. The first-order chi connectivity index (χ1) is 27.1. The highest BCUT2D eigenvalue weighted by Gasteiger charge is 2.44. The molecule has 3 aromatic rings. The Morgan fingerprint density at radius 2 is 1.59 bits per heavy atom. The van der Waals surface area contributed by atoms with Crippen molar-refractivity contribution < 1.29 is 14.4 Å². The third kappa shape index (κ3) is 8.33. The van der Waals surface area contributed by atoms with E-state index in [4.69, 9.17) is 11.6 Å². The number of nitrogens with one attached hydrogen (secondary N) is 2. The van der Waals surface area contributed by atoms with E-state index >= 15 is 0 Å². The average molecular weight is 777 g/mol. The summed E-state index contributed by atoms with van der Waals surface area (Å²) in [5.74, 6) is 0.268. The molecule has 12 heteroatoms. The Hall–Kier alpha value is -4.79. The van der Waals surface area contributed by atoms with Crippen molar-refractivity contribution >= 4 is 52.1 Å². The number of amides is 3. The summed E-state index contributed by atoms with van der Waals surface area (Å²) in [5.41, 5.74) is 5.90. The van der Waals surface area contributed by atoms with Crippen molar-refractivity contribution in [1.82, 2.24) is 15.1 Å². The van der Waals surface area contributed by atoms with Crippen LogP contribution in [-0.4, -0.2) is 105 Å². The van der Waals surface area contributed by atoms with Gasteiger partial charge < -0.3 is 24.9 Å². The van der Waals surface area contributed by atoms with Gasteiger partial charge in [-0.3, -0.25) is 24.6 Å². The lowest BCUT2D eigenvalue weighted by Gasteiger charge is -2.40. The van der Waals surface area contributed by atoms with Gasteiger partial charge in [0.15, 0.2) is 0 Å². The molecule has 0 radical (unpaired) electrons. The summed E-state index contributed by atoms with van der Waals surface area (Å²) in [4.78, 5) is 49.2. The molecule has 3 aromatic carbocycles. The van der Waals surface area contributed by atoms with E-state index in [0.29, 0.717) is 35.4 Å². The molecule has 0 aliphatic carbocycles. The van der Waals surface area contributed by atoms with Crippen LogP contribution in [0.15, 0.2) is 66.7 Å². The van der Waals surface area contributed by atoms with E-state index in [9.17, 15) is 19.6 Å². The van der Waals surface area contributed by atoms with Crippen molar-refractivity contribution in [3.8, 4) is 6.07 Å². The largest absolute Gasteiger partial charge is 0.374 e. The predicted octanol–water partition coefficient (Wildman–Crippen LogP) is 5.99. The maximum absolute atomic E-state index is 13.6. The van der Waals surface area contributed by atoms with Crippen LogP contribution in [0, 0.1) is 22.7 Å². The lowest BCUT2D eigenvalue weighted by atomic mass is 9.76. The number of halogens is 1. The van der Waals surface area contributed by atoms with Crippen LogP contribution < -0.4 is 25.3 Å². The quantitative estimate of drug-likeness (QED) is 0.267. The number of carbonyl (C=O) groups is 3. The molecule has 5 saturated heterocycles. The van der Waals surface area contributed by atoms with Crippen LogP contribution in [0.4, 0.5) is 22.7 Å². The van der Waals surface area contributed by atoms with E-state index < -0.39 is 0 Å². The van der Waals surface area contributed by atoms with E-state index in [1.165, 1.54) is 5.69 Å². The molecule has 1 unspecified atom stereocenters. The van der Waals surface area contributed by atoms with Gasteiger partial charge in [-0.1, -0.05) is 17.7 Å². The number of hydrogen-bond acceptors (Lipinski definition) is 9. The van der Waals surface area contributed by atoms with Gasteiger partial charge in [0.1, 0.15) is 12.1 Å². The second kappa shape index (κ2) is 16.4. The van der Waals surface area contributed by atoms with E-state index in [1.54, 1.807) is 0 Å². The van der Waals surface area contributed by atoms with Gasteiger partial charge in [-0.05, 0) is 117 Å². The standard InChI is InChI=1S/C44H53ClN8O3/c1-31-27-44(30-53(31)38-10-7-34(28-46)39(45)26-38)15-19-50(20-16-44)36-8-5-33(6-9-36)43(56)52-17-13-32(14-18-52)29-49-21-23-51(24-22-49)37-4-2-3-35(25-37)47-40-11-12-41(54)48-42(40)55/h2-10,25-26,31-32,40,47H,11-24,27,29-30H2,1H3,(H,48,54,55)/t31-,40?/m0/s1. The third-order valence-electron chi connectivity index (χ3n) is 13.1. The van der Waals surface area contributed by atoms with Crippen LogP contribution in [0.5, 0.6) is 0 Å². The summed E-state index contributed by atoms with van der Waals surface area (Å²) in [6.07, 6.45) is 6.34. The summed E-state index contributed by atoms with van der Waals surface area (Å²) in [5, 5.41) is 15.5. The molecule has 2 N–H and O–H groups in total. The van der Waals surface area contributed by atoms with E-state index in [2.05, 4.69) is 67.5 Å². The maximum Gasteiger partial charge on any atom is 0.253 e. The van der Waals surface area contributed by atoms with Crippen molar-refractivity contribution in [2.45, 2.75) is 64.0 Å². The zero-order valence-corrected chi connectivity index (χ0v) is 33.1. The van der Waals surface area contributed by atoms with Crippen LogP contribution >= 0.6 is 11.6 Å². The van der Waals surface area contributed by atoms with E-state index in [0.717, 1.165) is 120 Å². The number of likely N-dealkylation sites (tertiary alicyclic amines) is 1. The lowest BCUT2D eigenvalue weighted by molar-refractivity contribution is -0.133. The number of rotatable bonds is 8. The highest BCUT2D eigenvalue weighted by molar-refractivity contribution is 6.32. The van der Waals surface area contributed by atoms with E-state index in [1.807, 2.05) is 47.4 Å². The molecular weight excluding hydrogens is 724 g/mol. The summed E-state index contributed by atoms with van der Waals surface area (Å²) >= 11 is 6.38. The van der Waals surface area contributed by atoms with Gasteiger partial charge >= 0.3 is 0 Å². The van der Waals surface area contributed by atoms with Gasteiger partial charge in [-0.2, -0.15) is 5.26 Å². The number of piperazine rings is 1. The molecule has 2 atom stereocenters. The minimum absolute atomic E-state index is 0.137. The first-order valence-corrected chi connectivity index (χ1v) is 20.8. The molecule has 1 spiro atoms. The molecule has 56 heavy (non-hydrogen) atoms. The molecule has 3 amide bonds. The van der Waals surface area contributed by atoms with Gasteiger partial charge in [0.05, 0.1) is 10.6 Å². The molecule has 0 saturated carbocycles. The number of hydrogen-bond donors (Lipinski definition) is 2. The normalized spacial score (nSPS) is 23.3. The van der Waals surface area contributed by atoms with Gasteiger partial charge in [-0.25, -0.2) is 0 Å². The topological polar surface area (TPSA) is 115 Å². The molecule has 0 bridgehead atoms. The zero-order chi connectivity index (χ0) is 38.8. The number of anilines is 4. The van der Waals surface area contributed by atoms with E-state index in [-0.39, 0.29) is 29.2 Å². The van der Waals surface area contributed by atoms with Gasteiger partial charge in [0, 0.05) is 106 Å². The maximum atomic E-state index is 13.6. The third-order valence-corrected chi connectivity index (χ3v) is 13.4. The molecule has 5 aliphatic rings. The predicted molar refractivity (Wildman–Crippen MR) is 221 cm³/mol. The highest BCUT2D eigenvalue weighted by atomic mass is 35.5. The summed E-state index contributed by atoms with van der Waals surface area (Å²) in [7, 11) is 0. The first-order valence-electron chi connectivity index (χ1n) is 20.4. The molecule has 8 rings (SSSR count). The number of nitrogens with zero attached hydrogens (tertiary/aromatic N) is 6. The van der Waals surface area contributed by atoms with Crippen molar-refractivity contribution in [3.63, 3.8) is 0 Å². The van der Waals surface area contributed by atoms with Crippen LogP contribution in [0.25, 0.3) is 0 Å². The fraction of sp³-hybridized carbons (Fsp3) is 0.500. The summed E-state index contributed by atoms with van der Waals surface area (Å²) in [6.45, 7) is 11.9. The average Bonchev–Trinajstić information content (AvgIpc) is 3.54. The minimum Gasteiger partial charge on any atom is -0.374 e. The van der Waals surface area contributed by atoms with Crippen molar-refractivity contribution in [2.75, 3.05) is 85.5 Å². The fourth-order valence-electron chi connectivity index (χ4n) is 9.73. The lowest BCUT2D eigenvalue weighted by Crippen LogP contribution is -2.49. The zero-order valence-electron chi connectivity index (χ0n) is 32.4. The summed E-state index contributed by atoms with van der Waals surface area (Å²) in [6, 6.07) is 24.5. The molecule has 5 fully saturated rings. The van der Waals surface area contributed by atoms with Gasteiger partial charge in [-0.15, -0.1) is 0 Å². The Balaban J connectivity index is 0.762. The number of imide groups is 1. The molecule has 0 aromatic heterocycles. The first kappa shape index (κ1) is 38.1. The number of piperidine rings is 3. The van der Waals surface area contributed by atoms with Crippen molar-refractivity contribution in [3.05, 3.63) is 82.9 Å². The molecule has 5 aliphatic heterocycles. The Bertz CT molecular complexity index is 1960. The Morgan fingerprint density at radius 1 is 0.875 bits per heavy atom. The minimum atomic E-state index is -0.389. The van der Waals surface area contributed by atoms with Crippen molar-refractivity contribution in [1.29, 1.82) is 5.26 Å². The molecule has 11 nitrogen and oxygen atoms in total. The number of nitriles is 1. The van der Waals surface area contributed by atoms with Crippen LogP contribution in [0.3, 0.4) is 0 Å². The number of benzene rings is 3. The smallest absolute Gasteiger partial charge is 0.253 e. The molecule has 294 valence electrons. The van der Waals surface area contributed by atoms with Gasteiger partial charge in [0.25, 0.3) is 5.91 Å². The van der Waals surface area contributed by atoms with Crippen LogP contribution in [-0.2, 0) is 9.59 Å². The Labute approximate surface area is 335 Å².